The topological polar surface area (TPSA) is 58.4 Å². The van der Waals surface area contributed by atoms with E-state index in [1.54, 1.807) is 0 Å². The van der Waals surface area contributed by atoms with Gasteiger partial charge in [-0.15, -0.1) is 0 Å². The fraction of sp³-hybridized carbons (Fsp3) is 0.923. The van der Waals surface area contributed by atoms with Gasteiger partial charge < -0.3 is 11.1 Å². The first-order valence-electron chi connectivity index (χ1n) is 6.76. The molecule has 1 aliphatic heterocycles. The molecular weight excluding hydrogens is 214 g/mol. The molecule has 1 rings (SSSR count). The van der Waals surface area contributed by atoms with Crippen molar-refractivity contribution in [1.82, 2.24) is 10.2 Å². The Labute approximate surface area is 105 Å². The summed E-state index contributed by atoms with van der Waals surface area (Å²) in [5.74, 6) is 1.32. The Kier molecular flexibility index (Phi) is 5.92. The van der Waals surface area contributed by atoms with E-state index in [0.717, 1.165) is 39.0 Å². The van der Waals surface area contributed by atoms with E-state index < -0.39 is 0 Å². The Morgan fingerprint density at radius 3 is 2.41 bits per heavy atom. The van der Waals surface area contributed by atoms with Gasteiger partial charge in [-0.2, -0.15) is 0 Å². The van der Waals surface area contributed by atoms with Crippen molar-refractivity contribution in [2.24, 2.45) is 17.6 Å². The molecule has 0 aromatic heterocycles. The number of nitrogens with zero attached hydrogens (tertiary/aromatic N) is 1. The van der Waals surface area contributed by atoms with E-state index in [4.69, 9.17) is 5.73 Å². The molecule has 1 atom stereocenters. The fourth-order valence-electron chi connectivity index (χ4n) is 2.19. The van der Waals surface area contributed by atoms with E-state index >= 15 is 0 Å². The van der Waals surface area contributed by atoms with Crippen LogP contribution in [0.25, 0.3) is 0 Å². The van der Waals surface area contributed by atoms with Crippen molar-refractivity contribution in [3.8, 4) is 0 Å². The first kappa shape index (κ1) is 14.5. The van der Waals surface area contributed by atoms with Crippen LogP contribution in [0.1, 0.15) is 33.6 Å². The third-order valence-corrected chi connectivity index (χ3v) is 3.59. The smallest absolute Gasteiger partial charge is 0.237 e. The van der Waals surface area contributed by atoms with Crippen LogP contribution in [0.15, 0.2) is 0 Å². The van der Waals surface area contributed by atoms with Crippen LogP contribution in [0.4, 0.5) is 0 Å². The molecule has 0 saturated carbocycles. The molecule has 0 aromatic rings. The predicted molar refractivity (Wildman–Crippen MR) is 70.7 cm³/mol. The van der Waals surface area contributed by atoms with E-state index in [-0.39, 0.29) is 11.9 Å². The highest BCUT2D eigenvalue weighted by Crippen LogP contribution is 2.17. The van der Waals surface area contributed by atoms with E-state index in [2.05, 4.69) is 24.1 Å². The Morgan fingerprint density at radius 2 is 1.94 bits per heavy atom. The van der Waals surface area contributed by atoms with Gasteiger partial charge in [0, 0.05) is 6.54 Å². The highest BCUT2D eigenvalue weighted by molar-refractivity contribution is 5.81. The van der Waals surface area contributed by atoms with Gasteiger partial charge in [0.1, 0.15) is 0 Å². The summed E-state index contributed by atoms with van der Waals surface area (Å²) < 4.78 is 0. The first-order chi connectivity index (χ1) is 8.04. The molecule has 1 aliphatic rings. The van der Waals surface area contributed by atoms with Crippen molar-refractivity contribution in [3.05, 3.63) is 0 Å². The van der Waals surface area contributed by atoms with E-state index in [0.29, 0.717) is 11.8 Å². The van der Waals surface area contributed by atoms with Gasteiger partial charge in [-0.25, -0.2) is 0 Å². The number of carbonyl (C=O) groups excluding carboxylic acids is 1. The van der Waals surface area contributed by atoms with Crippen LogP contribution in [-0.2, 0) is 4.79 Å². The molecule has 4 heteroatoms. The van der Waals surface area contributed by atoms with Crippen LogP contribution < -0.4 is 11.1 Å². The highest BCUT2D eigenvalue weighted by atomic mass is 16.2. The number of hydrogen-bond donors (Lipinski definition) is 2. The molecule has 0 aliphatic carbocycles. The second-order valence-corrected chi connectivity index (χ2v) is 5.53. The summed E-state index contributed by atoms with van der Waals surface area (Å²) in [6.45, 7) is 9.76. The number of rotatable bonds is 5. The molecule has 4 nitrogen and oxygen atoms in total. The van der Waals surface area contributed by atoms with Crippen molar-refractivity contribution < 1.29 is 4.79 Å². The van der Waals surface area contributed by atoms with Crippen LogP contribution in [0.5, 0.6) is 0 Å². The molecule has 1 unspecified atom stereocenters. The molecule has 0 bridgehead atoms. The minimum Gasteiger partial charge on any atom is -0.354 e. The van der Waals surface area contributed by atoms with Gasteiger partial charge in [-0.05, 0) is 51.2 Å². The van der Waals surface area contributed by atoms with Crippen LogP contribution in [0, 0.1) is 11.8 Å². The maximum atomic E-state index is 11.9. The number of carbonyl (C=O) groups is 1. The Hall–Kier alpha value is -0.610. The Bertz CT molecular complexity index is 235. The lowest BCUT2D eigenvalue weighted by Gasteiger charge is -2.35. The van der Waals surface area contributed by atoms with Gasteiger partial charge >= 0.3 is 0 Å². The first-order valence-corrected chi connectivity index (χ1v) is 6.76. The quantitative estimate of drug-likeness (QED) is 0.749. The van der Waals surface area contributed by atoms with Crippen molar-refractivity contribution in [1.29, 1.82) is 0 Å². The normalized spacial score (nSPS) is 20.5. The van der Waals surface area contributed by atoms with Gasteiger partial charge in [-0.1, -0.05) is 13.8 Å². The fourth-order valence-corrected chi connectivity index (χ4v) is 2.19. The summed E-state index contributed by atoms with van der Waals surface area (Å²) in [6.07, 6.45) is 2.25. The minimum atomic E-state index is -0.00697. The lowest BCUT2D eigenvalue weighted by Crippen LogP contribution is -2.49. The standard InChI is InChI=1S/C13H27N3O/c1-10(2)9-15-13(17)11(3)16-6-4-12(8-14)5-7-16/h10-12H,4-9,14H2,1-3H3,(H,15,17). The number of nitrogens with one attached hydrogen (secondary N) is 1. The summed E-state index contributed by atoms with van der Waals surface area (Å²) in [6, 6.07) is -0.00697. The second kappa shape index (κ2) is 6.97. The van der Waals surface area contributed by atoms with E-state index in [9.17, 15) is 4.79 Å². The largest absolute Gasteiger partial charge is 0.354 e. The third kappa shape index (κ3) is 4.64. The van der Waals surface area contributed by atoms with Gasteiger partial charge in [0.15, 0.2) is 0 Å². The zero-order valence-electron chi connectivity index (χ0n) is 11.4. The molecule has 0 aromatic carbocycles. The maximum absolute atomic E-state index is 11.9. The number of piperidine rings is 1. The van der Waals surface area contributed by atoms with Crippen LogP contribution >= 0.6 is 0 Å². The van der Waals surface area contributed by atoms with Crippen LogP contribution in [0.2, 0.25) is 0 Å². The molecular formula is C13H27N3O. The second-order valence-electron chi connectivity index (χ2n) is 5.53. The Morgan fingerprint density at radius 1 is 1.35 bits per heavy atom. The number of amides is 1. The maximum Gasteiger partial charge on any atom is 0.237 e. The summed E-state index contributed by atoms with van der Waals surface area (Å²) in [5, 5.41) is 3.00. The summed E-state index contributed by atoms with van der Waals surface area (Å²) in [7, 11) is 0. The van der Waals surface area contributed by atoms with Crippen molar-refractivity contribution >= 4 is 5.91 Å². The molecule has 1 amide bonds. The monoisotopic (exact) mass is 241 g/mol. The van der Waals surface area contributed by atoms with Gasteiger partial charge in [0.05, 0.1) is 6.04 Å². The SMILES string of the molecule is CC(C)CNC(=O)C(C)N1CCC(CN)CC1. The molecule has 1 heterocycles. The molecule has 1 fully saturated rings. The summed E-state index contributed by atoms with van der Waals surface area (Å²) in [5.41, 5.74) is 5.67. The molecule has 100 valence electrons. The number of nitrogens with two attached hydrogens (primary N) is 1. The summed E-state index contributed by atoms with van der Waals surface area (Å²) >= 11 is 0. The minimum absolute atomic E-state index is 0.00697. The average Bonchev–Trinajstić information content (AvgIpc) is 2.35. The molecule has 0 spiro atoms. The highest BCUT2D eigenvalue weighted by Gasteiger charge is 2.25. The molecule has 1 saturated heterocycles. The predicted octanol–water partition coefficient (Wildman–Crippen LogP) is 0.818. The lowest BCUT2D eigenvalue weighted by molar-refractivity contribution is -0.126. The van der Waals surface area contributed by atoms with E-state index in [1.807, 2.05) is 6.92 Å². The van der Waals surface area contributed by atoms with Crippen LogP contribution in [0.3, 0.4) is 0 Å². The molecule has 17 heavy (non-hydrogen) atoms. The zero-order valence-corrected chi connectivity index (χ0v) is 11.4. The third-order valence-electron chi connectivity index (χ3n) is 3.59. The van der Waals surface area contributed by atoms with Gasteiger partial charge in [0.2, 0.25) is 5.91 Å². The van der Waals surface area contributed by atoms with E-state index in [1.165, 1.54) is 0 Å². The van der Waals surface area contributed by atoms with Crippen molar-refractivity contribution in [3.63, 3.8) is 0 Å². The Balaban J connectivity index is 2.32. The zero-order chi connectivity index (χ0) is 12.8. The van der Waals surface area contributed by atoms with Crippen LogP contribution in [-0.4, -0.2) is 43.0 Å². The molecule has 0 radical (unpaired) electrons. The summed E-state index contributed by atoms with van der Waals surface area (Å²) in [4.78, 5) is 14.2. The number of likely N-dealkylation sites (tertiary alicyclic amines) is 1. The van der Waals surface area contributed by atoms with Crippen molar-refractivity contribution in [2.45, 2.75) is 39.7 Å². The number of hydrogen-bond acceptors (Lipinski definition) is 3. The van der Waals surface area contributed by atoms with Gasteiger partial charge in [-0.3, -0.25) is 9.69 Å². The average molecular weight is 241 g/mol. The van der Waals surface area contributed by atoms with Crippen molar-refractivity contribution in [2.75, 3.05) is 26.2 Å². The van der Waals surface area contributed by atoms with Gasteiger partial charge in [0.25, 0.3) is 0 Å². The molecule has 3 N–H and O–H groups in total. The lowest BCUT2D eigenvalue weighted by atomic mass is 9.96.